The second-order valence-electron chi connectivity index (χ2n) is 5.07. The lowest BCUT2D eigenvalue weighted by atomic mass is 9.99. The fourth-order valence-electron chi connectivity index (χ4n) is 2.56. The van der Waals surface area contributed by atoms with E-state index in [1.165, 1.54) is 12.8 Å². The number of benzene rings is 1. The Kier molecular flexibility index (Phi) is 5.79. The molecule has 1 aliphatic heterocycles. The Morgan fingerprint density at radius 1 is 1.24 bits per heavy atom. The lowest BCUT2D eigenvalue weighted by molar-refractivity contribution is 0.355. The summed E-state index contributed by atoms with van der Waals surface area (Å²) in [6.45, 7) is 5.43. The number of methoxy groups -OCH3 is 2. The second kappa shape index (κ2) is 7.59. The Morgan fingerprint density at radius 2 is 1.95 bits per heavy atom. The summed E-state index contributed by atoms with van der Waals surface area (Å²) in [6, 6.07) is 5.82. The molecule has 0 bridgehead atoms. The molecule has 0 amide bonds. The zero-order chi connectivity index (χ0) is 15.2. The van der Waals surface area contributed by atoms with Crippen LogP contribution in [0.5, 0.6) is 11.5 Å². The van der Waals surface area contributed by atoms with E-state index in [1.807, 2.05) is 30.0 Å². The molecule has 4 nitrogen and oxygen atoms in total. The Labute approximate surface area is 131 Å². The van der Waals surface area contributed by atoms with Gasteiger partial charge in [0.05, 0.1) is 20.8 Å². The maximum atomic E-state index is 5.32. The summed E-state index contributed by atoms with van der Waals surface area (Å²) >= 11 is 1.85. The lowest BCUT2D eigenvalue weighted by Gasteiger charge is -2.18. The molecule has 1 N–H and O–H groups in total. The third kappa shape index (κ3) is 3.84. The first kappa shape index (κ1) is 16.0. The van der Waals surface area contributed by atoms with Crippen molar-refractivity contribution in [2.75, 3.05) is 26.1 Å². The smallest absolute Gasteiger partial charge is 0.162 e. The highest BCUT2D eigenvalue weighted by Gasteiger charge is 2.26. The van der Waals surface area contributed by atoms with Crippen LogP contribution in [0.4, 0.5) is 5.69 Å². The molecule has 21 heavy (non-hydrogen) atoms. The van der Waals surface area contributed by atoms with Gasteiger partial charge in [0.15, 0.2) is 16.7 Å². The number of rotatable bonds is 6. The molecule has 1 aliphatic rings. The molecule has 116 valence electrons. The van der Waals surface area contributed by atoms with E-state index in [4.69, 9.17) is 9.47 Å². The molecule has 0 spiro atoms. The molecule has 0 radical (unpaired) electrons. The standard InChI is InChI=1S/C16H24N2O2S/c1-5-11(6-2)15-10-17-16(21-15)18-12-7-8-13(19-3)14(9-12)20-4/h7-9,11,15H,5-6,10H2,1-4H3,(H,17,18). The summed E-state index contributed by atoms with van der Waals surface area (Å²) in [6.07, 6.45) is 2.43. The van der Waals surface area contributed by atoms with Crippen LogP contribution in [0.1, 0.15) is 26.7 Å². The third-order valence-electron chi connectivity index (χ3n) is 3.89. The van der Waals surface area contributed by atoms with Crippen LogP contribution in [0.15, 0.2) is 23.2 Å². The average Bonchev–Trinajstić information content (AvgIpc) is 2.96. The van der Waals surface area contributed by atoms with Crippen molar-refractivity contribution in [3.8, 4) is 11.5 Å². The zero-order valence-electron chi connectivity index (χ0n) is 13.2. The second-order valence-corrected chi connectivity index (χ2v) is 6.30. The molecule has 0 fully saturated rings. The van der Waals surface area contributed by atoms with Crippen molar-refractivity contribution >= 4 is 22.6 Å². The van der Waals surface area contributed by atoms with Gasteiger partial charge in [0, 0.05) is 17.0 Å². The molecule has 1 aromatic carbocycles. The van der Waals surface area contributed by atoms with Gasteiger partial charge in [-0.05, 0) is 18.1 Å². The molecule has 0 saturated carbocycles. The molecule has 0 aliphatic carbocycles. The Bertz CT molecular complexity index is 501. The number of hydrogen-bond donors (Lipinski definition) is 1. The van der Waals surface area contributed by atoms with Crippen molar-refractivity contribution in [3.63, 3.8) is 0 Å². The Morgan fingerprint density at radius 3 is 2.57 bits per heavy atom. The van der Waals surface area contributed by atoms with Crippen molar-refractivity contribution < 1.29 is 9.47 Å². The van der Waals surface area contributed by atoms with Crippen LogP contribution in [0, 0.1) is 5.92 Å². The average molecular weight is 308 g/mol. The van der Waals surface area contributed by atoms with E-state index >= 15 is 0 Å². The van der Waals surface area contributed by atoms with Gasteiger partial charge < -0.3 is 14.8 Å². The highest BCUT2D eigenvalue weighted by atomic mass is 32.2. The summed E-state index contributed by atoms with van der Waals surface area (Å²) in [5.74, 6) is 2.20. The number of thioether (sulfide) groups is 1. The minimum Gasteiger partial charge on any atom is -0.493 e. The van der Waals surface area contributed by atoms with E-state index in [1.54, 1.807) is 14.2 Å². The lowest BCUT2D eigenvalue weighted by Crippen LogP contribution is -2.17. The van der Waals surface area contributed by atoms with Gasteiger partial charge in [-0.15, -0.1) is 0 Å². The van der Waals surface area contributed by atoms with Gasteiger partial charge in [0.25, 0.3) is 0 Å². The first-order chi connectivity index (χ1) is 10.2. The third-order valence-corrected chi connectivity index (χ3v) is 5.18. The topological polar surface area (TPSA) is 42.9 Å². The van der Waals surface area contributed by atoms with E-state index in [2.05, 4.69) is 24.2 Å². The molecule has 0 saturated heterocycles. The fourth-order valence-corrected chi connectivity index (χ4v) is 3.90. The van der Waals surface area contributed by atoms with Crippen LogP contribution >= 0.6 is 11.8 Å². The normalized spacial score (nSPS) is 17.8. The Hall–Kier alpha value is -1.36. The van der Waals surface area contributed by atoms with Gasteiger partial charge in [0.1, 0.15) is 0 Å². The van der Waals surface area contributed by atoms with Crippen LogP contribution in [-0.2, 0) is 0 Å². The van der Waals surface area contributed by atoms with Gasteiger partial charge in [-0.1, -0.05) is 38.5 Å². The number of nitrogens with one attached hydrogen (secondary N) is 1. The monoisotopic (exact) mass is 308 g/mol. The van der Waals surface area contributed by atoms with Gasteiger partial charge in [-0.2, -0.15) is 0 Å². The van der Waals surface area contributed by atoms with Crippen LogP contribution < -0.4 is 14.8 Å². The quantitative estimate of drug-likeness (QED) is 0.862. The van der Waals surface area contributed by atoms with E-state index in [0.717, 1.165) is 34.8 Å². The highest BCUT2D eigenvalue weighted by molar-refractivity contribution is 8.15. The number of nitrogens with zero attached hydrogens (tertiary/aromatic N) is 1. The molecular formula is C16H24N2O2S. The number of anilines is 1. The van der Waals surface area contributed by atoms with Crippen LogP contribution in [0.25, 0.3) is 0 Å². The van der Waals surface area contributed by atoms with Crippen LogP contribution in [0.2, 0.25) is 0 Å². The van der Waals surface area contributed by atoms with Crippen LogP contribution in [0.3, 0.4) is 0 Å². The van der Waals surface area contributed by atoms with Gasteiger partial charge >= 0.3 is 0 Å². The summed E-state index contributed by atoms with van der Waals surface area (Å²) < 4.78 is 10.6. The summed E-state index contributed by atoms with van der Waals surface area (Å²) in [7, 11) is 3.29. The maximum absolute atomic E-state index is 5.32. The SMILES string of the molecule is CCC(CC)C1CN=C(Nc2ccc(OC)c(OC)c2)S1. The van der Waals surface area contributed by atoms with Crippen molar-refractivity contribution in [2.45, 2.75) is 31.9 Å². The van der Waals surface area contributed by atoms with Gasteiger partial charge in [-0.25, -0.2) is 0 Å². The first-order valence-electron chi connectivity index (χ1n) is 7.41. The minimum absolute atomic E-state index is 0.600. The van der Waals surface area contributed by atoms with Crippen molar-refractivity contribution in [3.05, 3.63) is 18.2 Å². The van der Waals surface area contributed by atoms with Crippen molar-refractivity contribution in [1.29, 1.82) is 0 Å². The molecule has 1 unspecified atom stereocenters. The summed E-state index contributed by atoms with van der Waals surface area (Å²) in [4.78, 5) is 4.62. The van der Waals surface area contributed by atoms with E-state index in [9.17, 15) is 0 Å². The largest absolute Gasteiger partial charge is 0.493 e. The summed E-state index contributed by atoms with van der Waals surface area (Å²) in [5, 5.41) is 4.98. The molecule has 0 aromatic heterocycles. The van der Waals surface area contributed by atoms with E-state index < -0.39 is 0 Å². The minimum atomic E-state index is 0.600. The maximum Gasteiger partial charge on any atom is 0.162 e. The summed E-state index contributed by atoms with van der Waals surface area (Å²) in [5.41, 5.74) is 0.976. The molecule has 1 heterocycles. The van der Waals surface area contributed by atoms with Crippen molar-refractivity contribution in [2.24, 2.45) is 10.9 Å². The number of aliphatic imine (C=N–C) groups is 1. The first-order valence-corrected chi connectivity index (χ1v) is 8.29. The molecular weight excluding hydrogens is 284 g/mol. The van der Waals surface area contributed by atoms with Gasteiger partial charge in [-0.3, -0.25) is 4.99 Å². The van der Waals surface area contributed by atoms with E-state index in [0.29, 0.717) is 5.25 Å². The van der Waals surface area contributed by atoms with Gasteiger partial charge in [0.2, 0.25) is 0 Å². The molecule has 5 heteroatoms. The molecule has 2 rings (SSSR count). The molecule has 1 atom stereocenters. The number of amidine groups is 1. The fraction of sp³-hybridized carbons (Fsp3) is 0.562. The van der Waals surface area contributed by atoms with Crippen molar-refractivity contribution in [1.82, 2.24) is 0 Å². The highest BCUT2D eigenvalue weighted by Crippen LogP contribution is 2.33. The Balaban J connectivity index is 2.00. The predicted molar refractivity (Wildman–Crippen MR) is 90.9 cm³/mol. The zero-order valence-corrected chi connectivity index (χ0v) is 14.0. The molecule has 1 aromatic rings. The number of hydrogen-bond acceptors (Lipinski definition) is 5. The predicted octanol–water partition coefficient (Wildman–Crippen LogP) is 4.02. The van der Waals surface area contributed by atoms with E-state index in [-0.39, 0.29) is 0 Å². The number of ether oxygens (including phenoxy) is 2. The van der Waals surface area contributed by atoms with Crippen LogP contribution in [-0.4, -0.2) is 31.2 Å².